The highest BCUT2D eigenvalue weighted by Crippen LogP contribution is 2.21. The van der Waals surface area contributed by atoms with Crippen LogP contribution in [-0.2, 0) is 4.79 Å². The number of hydrogen-bond acceptors (Lipinski definition) is 5. The van der Waals surface area contributed by atoms with Gasteiger partial charge in [0, 0.05) is 41.8 Å². The van der Waals surface area contributed by atoms with Gasteiger partial charge >= 0.3 is 0 Å². The van der Waals surface area contributed by atoms with E-state index in [1.165, 1.54) is 13.0 Å². The van der Waals surface area contributed by atoms with Crippen LogP contribution >= 0.6 is 0 Å². The predicted octanol–water partition coefficient (Wildman–Crippen LogP) is 4.51. The van der Waals surface area contributed by atoms with E-state index in [9.17, 15) is 13.6 Å². The fraction of sp³-hybridized carbons (Fsp3) is 0.105. The Morgan fingerprint density at radius 3 is 2.19 bits per heavy atom. The highest BCUT2D eigenvalue weighted by molar-refractivity contribution is 5.88. The van der Waals surface area contributed by atoms with Crippen LogP contribution in [0.25, 0.3) is 0 Å². The van der Waals surface area contributed by atoms with Crippen LogP contribution in [0.4, 0.5) is 37.6 Å². The van der Waals surface area contributed by atoms with Crippen LogP contribution in [0.3, 0.4) is 0 Å². The number of aromatic nitrogens is 2. The fourth-order valence-corrected chi connectivity index (χ4v) is 2.38. The van der Waals surface area contributed by atoms with Gasteiger partial charge in [0.2, 0.25) is 11.9 Å². The normalized spacial score (nSPS) is 10.4. The Morgan fingerprint density at radius 1 is 0.852 bits per heavy atom. The minimum atomic E-state index is -0.941. The Bertz CT molecular complexity index is 976. The number of carbonyl (C=O) groups is 1. The topological polar surface area (TPSA) is 78.9 Å². The molecule has 0 radical (unpaired) electrons. The van der Waals surface area contributed by atoms with Crippen LogP contribution in [-0.4, -0.2) is 15.9 Å². The average molecular weight is 369 g/mol. The summed E-state index contributed by atoms with van der Waals surface area (Å²) < 4.78 is 26.4. The first-order valence-electron chi connectivity index (χ1n) is 8.11. The van der Waals surface area contributed by atoms with Crippen LogP contribution in [0.5, 0.6) is 0 Å². The highest BCUT2D eigenvalue weighted by atomic mass is 19.2. The van der Waals surface area contributed by atoms with E-state index < -0.39 is 11.6 Å². The van der Waals surface area contributed by atoms with Crippen molar-refractivity contribution in [3.05, 3.63) is 65.9 Å². The van der Waals surface area contributed by atoms with E-state index in [1.807, 2.05) is 0 Å². The van der Waals surface area contributed by atoms with Gasteiger partial charge < -0.3 is 16.0 Å². The summed E-state index contributed by atoms with van der Waals surface area (Å²) >= 11 is 0. The summed E-state index contributed by atoms with van der Waals surface area (Å²) in [5.41, 5.74) is 2.47. The molecule has 0 saturated carbocycles. The van der Waals surface area contributed by atoms with E-state index in [2.05, 4.69) is 25.9 Å². The maximum Gasteiger partial charge on any atom is 0.229 e. The number of nitrogens with one attached hydrogen (secondary N) is 3. The second-order valence-electron chi connectivity index (χ2n) is 5.86. The van der Waals surface area contributed by atoms with Crippen molar-refractivity contribution in [2.45, 2.75) is 13.8 Å². The molecule has 6 nitrogen and oxygen atoms in total. The monoisotopic (exact) mass is 369 g/mol. The zero-order valence-electron chi connectivity index (χ0n) is 14.7. The number of carbonyl (C=O) groups excluding carboxylic acids is 1. The number of hydrogen-bond donors (Lipinski definition) is 3. The Labute approximate surface area is 154 Å². The van der Waals surface area contributed by atoms with Crippen molar-refractivity contribution >= 4 is 34.7 Å². The molecule has 0 unspecified atom stereocenters. The third-order valence-electron chi connectivity index (χ3n) is 3.51. The zero-order chi connectivity index (χ0) is 19.4. The summed E-state index contributed by atoms with van der Waals surface area (Å²) in [5.74, 6) is -1.23. The van der Waals surface area contributed by atoms with Crippen molar-refractivity contribution in [1.82, 2.24) is 9.97 Å². The lowest BCUT2D eigenvalue weighted by Gasteiger charge is -2.11. The molecule has 27 heavy (non-hydrogen) atoms. The molecule has 0 aliphatic heterocycles. The fourth-order valence-electron chi connectivity index (χ4n) is 2.38. The van der Waals surface area contributed by atoms with Gasteiger partial charge in [-0.3, -0.25) is 4.79 Å². The van der Waals surface area contributed by atoms with Gasteiger partial charge in [0.25, 0.3) is 0 Å². The second-order valence-corrected chi connectivity index (χ2v) is 5.86. The molecule has 0 spiro atoms. The largest absolute Gasteiger partial charge is 0.340 e. The number of amides is 1. The predicted molar refractivity (Wildman–Crippen MR) is 100 cm³/mol. The van der Waals surface area contributed by atoms with Gasteiger partial charge in [0.1, 0.15) is 5.82 Å². The molecule has 0 bridgehead atoms. The summed E-state index contributed by atoms with van der Waals surface area (Å²) in [4.78, 5) is 19.7. The molecule has 3 rings (SSSR count). The smallest absolute Gasteiger partial charge is 0.229 e. The molecule has 0 fully saturated rings. The Balaban J connectivity index is 1.76. The minimum absolute atomic E-state index is 0.148. The van der Waals surface area contributed by atoms with E-state index in [1.54, 1.807) is 37.3 Å². The Morgan fingerprint density at radius 2 is 1.52 bits per heavy atom. The summed E-state index contributed by atoms with van der Waals surface area (Å²) in [6.45, 7) is 3.23. The summed E-state index contributed by atoms with van der Waals surface area (Å²) in [5, 5.41) is 8.67. The number of halogens is 2. The van der Waals surface area contributed by atoms with Gasteiger partial charge in [-0.2, -0.15) is 4.98 Å². The van der Waals surface area contributed by atoms with Gasteiger partial charge in [-0.1, -0.05) is 0 Å². The van der Waals surface area contributed by atoms with Crippen molar-refractivity contribution in [3.63, 3.8) is 0 Å². The molecular formula is C19H17F2N5O. The Kier molecular flexibility index (Phi) is 5.25. The van der Waals surface area contributed by atoms with E-state index in [0.29, 0.717) is 28.8 Å². The first-order chi connectivity index (χ1) is 12.9. The number of benzene rings is 2. The average Bonchev–Trinajstić information content (AvgIpc) is 2.59. The van der Waals surface area contributed by atoms with Gasteiger partial charge in [0.15, 0.2) is 11.6 Å². The SMILES string of the molecule is CC(=O)Nc1ccc(Nc2nc(C)cc(Nc3ccc(F)c(F)c3)n2)cc1. The summed E-state index contributed by atoms with van der Waals surface area (Å²) in [7, 11) is 0. The van der Waals surface area contributed by atoms with Crippen molar-refractivity contribution in [2.75, 3.05) is 16.0 Å². The van der Waals surface area contributed by atoms with Crippen LogP contribution < -0.4 is 16.0 Å². The molecule has 0 atom stereocenters. The number of aryl methyl sites for hydroxylation is 1. The molecule has 0 aliphatic rings. The van der Waals surface area contributed by atoms with Crippen molar-refractivity contribution in [1.29, 1.82) is 0 Å². The molecule has 138 valence electrons. The first-order valence-corrected chi connectivity index (χ1v) is 8.11. The van der Waals surface area contributed by atoms with Crippen LogP contribution in [0.15, 0.2) is 48.5 Å². The summed E-state index contributed by atoms with van der Waals surface area (Å²) in [6, 6.07) is 12.3. The lowest BCUT2D eigenvalue weighted by atomic mass is 10.3. The molecule has 1 heterocycles. The van der Waals surface area contributed by atoms with Crippen LogP contribution in [0.1, 0.15) is 12.6 Å². The van der Waals surface area contributed by atoms with E-state index >= 15 is 0 Å². The molecule has 8 heteroatoms. The van der Waals surface area contributed by atoms with Gasteiger partial charge in [0.05, 0.1) is 0 Å². The first kappa shape index (κ1) is 18.2. The van der Waals surface area contributed by atoms with E-state index in [0.717, 1.165) is 17.8 Å². The molecule has 0 aliphatic carbocycles. The molecule has 2 aromatic carbocycles. The molecule has 1 amide bonds. The molecule has 1 aromatic heterocycles. The number of anilines is 5. The quantitative estimate of drug-likeness (QED) is 0.617. The summed E-state index contributed by atoms with van der Waals surface area (Å²) in [6.07, 6.45) is 0. The Hall–Kier alpha value is -3.55. The van der Waals surface area contributed by atoms with Crippen molar-refractivity contribution < 1.29 is 13.6 Å². The molecule has 0 saturated heterocycles. The zero-order valence-corrected chi connectivity index (χ0v) is 14.7. The minimum Gasteiger partial charge on any atom is -0.340 e. The van der Waals surface area contributed by atoms with Crippen LogP contribution in [0.2, 0.25) is 0 Å². The van der Waals surface area contributed by atoms with E-state index in [4.69, 9.17) is 0 Å². The van der Waals surface area contributed by atoms with Crippen molar-refractivity contribution in [3.8, 4) is 0 Å². The molecule has 3 N–H and O–H groups in total. The maximum absolute atomic E-state index is 13.4. The lowest BCUT2D eigenvalue weighted by molar-refractivity contribution is -0.114. The van der Waals surface area contributed by atoms with Crippen LogP contribution in [0, 0.1) is 18.6 Å². The molecular weight excluding hydrogens is 352 g/mol. The lowest BCUT2D eigenvalue weighted by Crippen LogP contribution is -2.06. The number of rotatable bonds is 5. The third-order valence-corrected chi connectivity index (χ3v) is 3.51. The standard InChI is InChI=1S/C19H17F2N5O/c1-11-9-18(24-15-7-8-16(20)17(21)10-15)26-19(22-11)25-14-5-3-13(4-6-14)23-12(2)27/h3-10H,1-2H3,(H,23,27)(H2,22,24,25,26). The second kappa shape index (κ2) is 7.77. The maximum atomic E-state index is 13.4. The van der Waals surface area contributed by atoms with Gasteiger partial charge in [-0.15, -0.1) is 0 Å². The number of nitrogens with zero attached hydrogens (tertiary/aromatic N) is 2. The van der Waals surface area contributed by atoms with Gasteiger partial charge in [-0.05, 0) is 43.3 Å². The molecule has 3 aromatic rings. The highest BCUT2D eigenvalue weighted by Gasteiger charge is 2.06. The van der Waals surface area contributed by atoms with E-state index in [-0.39, 0.29) is 5.91 Å². The third kappa shape index (κ3) is 4.97. The van der Waals surface area contributed by atoms with Gasteiger partial charge in [-0.25, -0.2) is 13.8 Å². The van der Waals surface area contributed by atoms with Crippen molar-refractivity contribution in [2.24, 2.45) is 0 Å².